The van der Waals surface area contributed by atoms with Gasteiger partial charge in [0.15, 0.2) is 0 Å². The fourth-order valence-electron chi connectivity index (χ4n) is 5.94. The van der Waals surface area contributed by atoms with Gasteiger partial charge >= 0.3 is 0 Å². The zero-order valence-corrected chi connectivity index (χ0v) is 19.1. The molecule has 1 aromatic carbocycles. The molecule has 1 saturated heterocycles. The van der Waals surface area contributed by atoms with Crippen molar-refractivity contribution in [2.75, 3.05) is 18.4 Å². The van der Waals surface area contributed by atoms with Crippen molar-refractivity contribution in [3.63, 3.8) is 0 Å². The highest BCUT2D eigenvalue weighted by Gasteiger charge is 2.37. The Morgan fingerprint density at radius 2 is 1.87 bits per heavy atom. The van der Waals surface area contributed by atoms with Gasteiger partial charge in [0.2, 0.25) is 11.8 Å². The minimum atomic E-state index is -0.412. The molecule has 3 aliphatic rings. The Hall–Kier alpha value is -2.15. The van der Waals surface area contributed by atoms with Gasteiger partial charge in [-0.3, -0.25) is 14.5 Å². The van der Waals surface area contributed by atoms with Gasteiger partial charge in [0.1, 0.15) is 11.9 Å². The number of hydrogen-bond acceptors (Lipinski definition) is 4. The summed E-state index contributed by atoms with van der Waals surface area (Å²) in [4.78, 5) is 29.4. The van der Waals surface area contributed by atoms with Crippen molar-refractivity contribution < 1.29 is 14.0 Å². The Labute approximate surface area is 184 Å². The number of nitrogens with zero attached hydrogens (tertiary/aromatic N) is 2. The molecule has 0 bridgehead atoms. The third-order valence-electron chi connectivity index (χ3n) is 7.33. The summed E-state index contributed by atoms with van der Waals surface area (Å²) in [5, 5.41) is 6.47. The second-order valence-electron chi connectivity index (χ2n) is 9.72. The van der Waals surface area contributed by atoms with E-state index in [4.69, 9.17) is 0 Å². The van der Waals surface area contributed by atoms with Gasteiger partial charge in [0.05, 0.1) is 0 Å². The van der Waals surface area contributed by atoms with Gasteiger partial charge in [-0.1, -0.05) is 6.07 Å². The van der Waals surface area contributed by atoms with E-state index in [2.05, 4.69) is 29.4 Å². The monoisotopic (exact) mass is 430 g/mol. The molecule has 2 fully saturated rings. The summed E-state index contributed by atoms with van der Waals surface area (Å²) >= 11 is 0. The van der Waals surface area contributed by atoms with Gasteiger partial charge in [-0.2, -0.15) is 0 Å². The average molecular weight is 431 g/mol. The highest BCUT2D eigenvalue weighted by Crippen LogP contribution is 2.32. The van der Waals surface area contributed by atoms with Crippen molar-refractivity contribution in [2.24, 2.45) is 0 Å². The van der Waals surface area contributed by atoms with E-state index >= 15 is 0 Å². The number of carbonyl (C=O) groups is 2. The summed E-state index contributed by atoms with van der Waals surface area (Å²) in [6.07, 6.45) is 4.51. The lowest BCUT2D eigenvalue weighted by Gasteiger charge is -2.48. The number of benzene rings is 1. The zero-order valence-electron chi connectivity index (χ0n) is 19.1. The number of piperazine rings is 1. The normalized spacial score (nSPS) is 31.1. The Morgan fingerprint density at radius 3 is 2.52 bits per heavy atom. The maximum atomic E-state index is 14.2. The van der Waals surface area contributed by atoms with Gasteiger partial charge in [0, 0.05) is 61.9 Å². The molecule has 0 radical (unpaired) electrons. The van der Waals surface area contributed by atoms with Crippen molar-refractivity contribution in [3.8, 4) is 0 Å². The molecule has 2 amide bonds. The van der Waals surface area contributed by atoms with Gasteiger partial charge in [-0.15, -0.1) is 0 Å². The number of carbonyl (C=O) groups excluding carboxylic acids is 2. The number of hydrogen-bond donors (Lipinski definition) is 2. The van der Waals surface area contributed by atoms with E-state index in [1.54, 1.807) is 13.0 Å². The first-order valence-electron chi connectivity index (χ1n) is 11.6. The third-order valence-corrected chi connectivity index (χ3v) is 7.33. The molecule has 5 atom stereocenters. The van der Waals surface area contributed by atoms with E-state index in [0.29, 0.717) is 18.0 Å². The van der Waals surface area contributed by atoms with Crippen molar-refractivity contribution in [1.82, 2.24) is 15.1 Å². The highest BCUT2D eigenvalue weighted by atomic mass is 19.1. The Morgan fingerprint density at radius 1 is 1.16 bits per heavy atom. The van der Waals surface area contributed by atoms with E-state index in [9.17, 15) is 14.0 Å². The van der Waals surface area contributed by atoms with Crippen molar-refractivity contribution in [2.45, 2.75) is 90.0 Å². The summed E-state index contributed by atoms with van der Waals surface area (Å²) in [6, 6.07) is 3.79. The number of anilines is 1. The fourth-order valence-corrected chi connectivity index (χ4v) is 5.94. The largest absolute Gasteiger partial charge is 0.373 e. The quantitative estimate of drug-likeness (QED) is 0.774. The number of amides is 2. The molecule has 2 N–H and O–H groups in total. The molecular formula is C24H35FN4O2. The molecule has 7 heteroatoms. The Balaban J connectivity index is 1.35. The average Bonchev–Trinajstić information content (AvgIpc) is 3.17. The molecule has 6 nitrogen and oxygen atoms in total. The molecular weight excluding hydrogens is 395 g/mol. The van der Waals surface area contributed by atoms with Gasteiger partial charge in [-0.25, -0.2) is 4.39 Å². The first-order valence-corrected chi connectivity index (χ1v) is 11.6. The second kappa shape index (κ2) is 8.77. The topological polar surface area (TPSA) is 64.7 Å². The van der Waals surface area contributed by atoms with Gasteiger partial charge in [-0.05, 0) is 58.1 Å². The van der Waals surface area contributed by atoms with Crippen LogP contribution in [0.1, 0.15) is 57.6 Å². The second-order valence-corrected chi connectivity index (χ2v) is 9.72. The van der Waals surface area contributed by atoms with Crippen LogP contribution in [0.2, 0.25) is 0 Å². The van der Waals surface area contributed by atoms with Crippen LogP contribution in [0.5, 0.6) is 0 Å². The van der Waals surface area contributed by atoms with Crippen molar-refractivity contribution >= 4 is 17.5 Å². The van der Waals surface area contributed by atoms with E-state index in [1.165, 1.54) is 6.07 Å². The van der Waals surface area contributed by atoms with E-state index in [1.807, 2.05) is 11.8 Å². The van der Waals surface area contributed by atoms with Crippen LogP contribution in [0.25, 0.3) is 0 Å². The van der Waals surface area contributed by atoms with Crippen LogP contribution in [-0.4, -0.2) is 64.9 Å². The van der Waals surface area contributed by atoms with Crippen LogP contribution in [0.3, 0.4) is 0 Å². The summed E-state index contributed by atoms with van der Waals surface area (Å²) in [5.74, 6) is -0.136. The maximum absolute atomic E-state index is 14.2. The van der Waals surface area contributed by atoms with E-state index in [-0.39, 0.29) is 35.8 Å². The van der Waals surface area contributed by atoms with Crippen LogP contribution in [0.15, 0.2) is 12.1 Å². The smallest absolute Gasteiger partial charge is 0.243 e. The minimum Gasteiger partial charge on any atom is -0.373 e. The molecule has 1 aliphatic carbocycles. The highest BCUT2D eigenvalue weighted by molar-refractivity contribution is 5.88. The number of rotatable bonds is 3. The summed E-state index contributed by atoms with van der Waals surface area (Å²) in [5.41, 5.74) is 2.36. The lowest BCUT2D eigenvalue weighted by atomic mass is 9.88. The first kappa shape index (κ1) is 22.1. The Bertz CT molecular complexity index is 817. The molecule has 4 rings (SSSR count). The van der Waals surface area contributed by atoms with E-state index < -0.39 is 6.04 Å². The lowest BCUT2D eigenvalue weighted by Crippen LogP contribution is -2.61. The molecule has 2 heterocycles. The van der Waals surface area contributed by atoms with Crippen LogP contribution >= 0.6 is 0 Å². The van der Waals surface area contributed by atoms with Crippen LogP contribution in [0, 0.1) is 12.7 Å². The molecule has 1 aromatic rings. The summed E-state index contributed by atoms with van der Waals surface area (Å²) in [6.45, 7) is 9.59. The van der Waals surface area contributed by atoms with Crippen LogP contribution < -0.4 is 10.6 Å². The van der Waals surface area contributed by atoms with E-state index in [0.717, 1.165) is 50.0 Å². The number of aryl methyl sites for hydroxylation is 1. The van der Waals surface area contributed by atoms with Gasteiger partial charge in [0.25, 0.3) is 0 Å². The first-order chi connectivity index (χ1) is 14.7. The molecule has 170 valence electrons. The SMILES string of the molecule is CC(=O)N1[C@@H](C)CN(C2CCC[C@@H](NC(=O)C3Cc4c(F)ccc(C)c4N3)C2)C[C@@H]1C. The molecule has 0 aromatic heterocycles. The van der Waals surface area contributed by atoms with Crippen LogP contribution in [-0.2, 0) is 16.0 Å². The predicted molar refractivity (Wildman–Crippen MR) is 119 cm³/mol. The molecule has 2 unspecified atom stereocenters. The van der Waals surface area contributed by atoms with Crippen LogP contribution in [0.4, 0.5) is 10.1 Å². The van der Waals surface area contributed by atoms with Crippen molar-refractivity contribution in [1.29, 1.82) is 0 Å². The summed E-state index contributed by atoms with van der Waals surface area (Å²) in [7, 11) is 0. The Kier molecular flexibility index (Phi) is 6.24. The molecule has 2 aliphatic heterocycles. The molecule has 0 spiro atoms. The zero-order chi connectivity index (χ0) is 22.3. The predicted octanol–water partition coefficient (Wildman–Crippen LogP) is 2.84. The molecule has 31 heavy (non-hydrogen) atoms. The third kappa shape index (κ3) is 4.43. The standard InChI is InChI=1S/C24H35FN4O2/c1-14-8-9-21(25)20-11-22(27-23(14)20)24(31)26-18-6-5-7-19(10-18)28-12-15(2)29(17(4)30)16(3)13-28/h8-9,15-16,18-19,22,27H,5-7,10-13H2,1-4H3,(H,26,31)/t15-,16-,18+,19?,22?/m0/s1. The molecule has 1 saturated carbocycles. The number of halogens is 1. The number of fused-ring (bicyclic) bond motifs is 1. The van der Waals surface area contributed by atoms with Gasteiger partial charge < -0.3 is 15.5 Å². The number of nitrogens with one attached hydrogen (secondary N) is 2. The lowest BCUT2D eigenvalue weighted by molar-refractivity contribution is -0.137. The fraction of sp³-hybridized carbons (Fsp3) is 0.667. The maximum Gasteiger partial charge on any atom is 0.243 e. The van der Waals surface area contributed by atoms with Crippen molar-refractivity contribution in [3.05, 3.63) is 29.1 Å². The summed E-state index contributed by atoms with van der Waals surface area (Å²) < 4.78 is 14.2. The minimum absolute atomic E-state index is 0.0382.